The third kappa shape index (κ3) is 1.96. The average molecular weight is 279 g/mol. The Labute approximate surface area is 126 Å². The van der Waals surface area contributed by atoms with Crippen molar-refractivity contribution in [3.05, 3.63) is 58.4 Å². The molecule has 0 saturated carbocycles. The number of benzene rings is 1. The number of hydrogen-bond acceptors (Lipinski definition) is 3. The van der Waals surface area contributed by atoms with E-state index in [1.54, 1.807) is 0 Å². The van der Waals surface area contributed by atoms with Crippen molar-refractivity contribution in [2.75, 3.05) is 7.05 Å². The van der Waals surface area contributed by atoms with Gasteiger partial charge in [0.25, 0.3) is 0 Å². The van der Waals surface area contributed by atoms with Crippen molar-refractivity contribution in [3.8, 4) is 0 Å². The highest BCUT2D eigenvalue weighted by molar-refractivity contribution is 5.71. The van der Waals surface area contributed by atoms with Gasteiger partial charge in [0.15, 0.2) is 0 Å². The smallest absolute Gasteiger partial charge is 0.0920 e. The molecule has 1 aromatic heterocycles. The van der Waals surface area contributed by atoms with Gasteiger partial charge in [0.1, 0.15) is 0 Å². The zero-order valence-electron chi connectivity index (χ0n) is 13.3. The first-order valence-electron chi connectivity index (χ1n) is 7.24. The summed E-state index contributed by atoms with van der Waals surface area (Å²) in [6.45, 7) is 8.80. The lowest BCUT2D eigenvalue weighted by atomic mass is 9.78. The van der Waals surface area contributed by atoms with Crippen LogP contribution in [-0.2, 0) is 5.54 Å². The molecule has 1 unspecified atom stereocenters. The fourth-order valence-corrected chi connectivity index (χ4v) is 3.24. The first-order valence-corrected chi connectivity index (χ1v) is 7.24. The van der Waals surface area contributed by atoms with Crippen molar-refractivity contribution in [1.82, 2.24) is 9.88 Å². The lowest BCUT2D eigenvalue weighted by Crippen LogP contribution is -2.44. The number of aromatic nitrogens is 1. The topological polar surface area (TPSA) is 28.5 Å². The van der Waals surface area contributed by atoms with E-state index in [0.29, 0.717) is 0 Å². The van der Waals surface area contributed by atoms with E-state index in [1.165, 1.54) is 27.8 Å². The van der Waals surface area contributed by atoms with Gasteiger partial charge in [-0.15, -0.1) is 0 Å². The number of aryl methyl sites for hydroxylation is 2. The molecule has 1 aromatic carbocycles. The molecule has 0 bridgehead atoms. The van der Waals surface area contributed by atoms with Crippen LogP contribution in [0.4, 0.5) is 5.69 Å². The highest BCUT2D eigenvalue weighted by Crippen LogP contribution is 2.43. The zero-order valence-corrected chi connectivity index (χ0v) is 13.3. The predicted molar refractivity (Wildman–Crippen MR) is 87.3 cm³/mol. The molecule has 108 valence electrons. The summed E-state index contributed by atoms with van der Waals surface area (Å²) in [6, 6.07) is 6.62. The minimum Gasteiger partial charge on any atom is -0.352 e. The maximum Gasteiger partial charge on any atom is 0.0920 e. The minimum atomic E-state index is -0.221. The van der Waals surface area contributed by atoms with Gasteiger partial charge in [-0.25, -0.2) is 4.99 Å². The highest BCUT2D eigenvalue weighted by atomic mass is 15.2. The molecular weight excluding hydrogens is 258 g/mol. The summed E-state index contributed by atoms with van der Waals surface area (Å²) in [5, 5.41) is 0. The maximum absolute atomic E-state index is 4.51. The van der Waals surface area contributed by atoms with Crippen LogP contribution in [0, 0.1) is 20.8 Å². The van der Waals surface area contributed by atoms with Crippen LogP contribution >= 0.6 is 0 Å². The monoisotopic (exact) mass is 279 g/mol. The first-order chi connectivity index (χ1) is 9.94. The molecule has 1 aliphatic heterocycles. The molecule has 0 saturated heterocycles. The van der Waals surface area contributed by atoms with E-state index >= 15 is 0 Å². The Morgan fingerprint density at radius 1 is 1.10 bits per heavy atom. The summed E-state index contributed by atoms with van der Waals surface area (Å²) in [6.07, 6.45) is 5.60. The van der Waals surface area contributed by atoms with Crippen LogP contribution in [0.25, 0.3) is 0 Å². The predicted octanol–water partition coefficient (Wildman–Crippen LogP) is 3.88. The van der Waals surface area contributed by atoms with Crippen molar-refractivity contribution >= 4 is 12.0 Å². The molecule has 0 radical (unpaired) electrons. The van der Waals surface area contributed by atoms with Gasteiger partial charge in [-0.3, -0.25) is 4.98 Å². The van der Waals surface area contributed by atoms with Crippen molar-refractivity contribution < 1.29 is 0 Å². The summed E-state index contributed by atoms with van der Waals surface area (Å²) >= 11 is 0. The number of aliphatic imine (C=N–C) groups is 1. The number of pyridine rings is 1. The molecule has 3 nitrogen and oxygen atoms in total. The average Bonchev–Trinajstić information content (AvgIpc) is 2.47. The number of rotatable bonds is 1. The molecule has 2 aromatic rings. The van der Waals surface area contributed by atoms with Gasteiger partial charge in [-0.1, -0.05) is 17.7 Å². The van der Waals surface area contributed by atoms with E-state index in [2.05, 4.69) is 67.8 Å². The third-order valence-corrected chi connectivity index (χ3v) is 4.74. The van der Waals surface area contributed by atoms with Crippen LogP contribution < -0.4 is 0 Å². The lowest BCUT2D eigenvalue weighted by molar-refractivity contribution is 0.290. The summed E-state index contributed by atoms with van der Waals surface area (Å²) < 4.78 is 0. The molecule has 1 atom stereocenters. The quantitative estimate of drug-likeness (QED) is 0.792. The Morgan fingerprint density at radius 3 is 2.62 bits per heavy atom. The fraction of sp³-hybridized carbons (Fsp3) is 0.333. The van der Waals surface area contributed by atoms with Gasteiger partial charge in [-0.2, -0.15) is 0 Å². The largest absolute Gasteiger partial charge is 0.352 e. The van der Waals surface area contributed by atoms with E-state index in [-0.39, 0.29) is 5.54 Å². The second-order valence-corrected chi connectivity index (χ2v) is 6.07. The van der Waals surface area contributed by atoms with Crippen LogP contribution in [0.15, 0.2) is 35.6 Å². The highest BCUT2D eigenvalue weighted by Gasteiger charge is 2.38. The van der Waals surface area contributed by atoms with Crippen molar-refractivity contribution in [2.45, 2.75) is 33.2 Å². The fourth-order valence-electron chi connectivity index (χ4n) is 3.24. The van der Waals surface area contributed by atoms with Gasteiger partial charge >= 0.3 is 0 Å². The molecule has 21 heavy (non-hydrogen) atoms. The maximum atomic E-state index is 4.51. The van der Waals surface area contributed by atoms with Crippen LogP contribution in [0.3, 0.4) is 0 Å². The van der Waals surface area contributed by atoms with E-state index in [9.17, 15) is 0 Å². The molecule has 0 fully saturated rings. The van der Waals surface area contributed by atoms with Gasteiger partial charge in [0, 0.05) is 18.8 Å². The SMILES string of the molecule is Cc1cc(C)c(C)c(C2(C)c3ccncc3N=CN2C)c1. The summed E-state index contributed by atoms with van der Waals surface area (Å²) in [5.74, 6) is 0. The number of fused-ring (bicyclic) bond motifs is 1. The zero-order chi connectivity index (χ0) is 15.2. The molecule has 0 spiro atoms. The second-order valence-electron chi connectivity index (χ2n) is 6.07. The molecule has 2 heterocycles. The number of hydrogen-bond donors (Lipinski definition) is 0. The van der Waals surface area contributed by atoms with Gasteiger partial charge in [0.2, 0.25) is 0 Å². The third-order valence-electron chi connectivity index (χ3n) is 4.74. The standard InChI is InChI=1S/C18H21N3/c1-12-8-13(2)14(3)16(9-12)18(4)15-6-7-19-10-17(15)20-11-21(18)5/h6-11H,1-5H3. The lowest BCUT2D eigenvalue weighted by Gasteiger charge is -2.42. The van der Waals surface area contributed by atoms with Crippen molar-refractivity contribution in [1.29, 1.82) is 0 Å². The summed E-state index contributed by atoms with van der Waals surface area (Å²) in [7, 11) is 2.09. The van der Waals surface area contributed by atoms with Gasteiger partial charge in [-0.05, 0) is 50.5 Å². The normalized spacial score (nSPS) is 20.5. The molecule has 0 amide bonds. The second kappa shape index (κ2) is 4.69. The van der Waals surface area contributed by atoms with E-state index < -0.39 is 0 Å². The number of nitrogens with zero attached hydrogens (tertiary/aromatic N) is 3. The van der Waals surface area contributed by atoms with Crippen molar-refractivity contribution in [3.63, 3.8) is 0 Å². The van der Waals surface area contributed by atoms with Gasteiger partial charge < -0.3 is 4.90 Å². The molecule has 3 heteroatoms. The Balaban J connectivity index is 2.32. The van der Waals surface area contributed by atoms with Gasteiger partial charge in [0.05, 0.1) is 23.8 Å². The van der Waals surface area contributed by atoms with Crippen molar-refractivity contribution in [2.24, 2.45) is 4.99 Å². The van der Waals surface area contributed by atoms with Crippen LogP contribution in [0.5, 0.6) is 0 Å². The van der Waals surface area contributed by atoms with Crippen LogP contribution in [0.1, 0.15) is 34.7 Å². The molecule has 3 rings (SSSR count). The van der Waals surface area contributed by atoms with E-state index in [0.717, 1.165) is 5.69 Å². The summed E-state index contributed by atoms with van der Waals surface area (Å²) in [5.41, 5.74) is 7.24. The molecular formula is C18H21N3. The Hall–Kier alpha value is -2.16. The first kappa shape index (κ1) is 13.8. The Bertz CT molecular complexity index is 733. The minimum absolute atomic E-state index is 0.221. The molecule has 1 aliphatic rings. The van der Waals surface area contributed by atoms with E-state index in [4.69, 9.17) is 0 Å². The summed E-state index contributed by atoms with van der Waals surface area (Å²) in [4.78, 5) is 10.9. The Kier molecular flexibility index (Phi) is 3.08. The van der Waals surface area contributed by atoms with Crippen LogP contribution in [-0.4, -0.2) is 23.3 Å². The van der Waals surface area contributed by atoms with E-state index in [1.807, 2.05) is 18.7 Å². The molecule has 0 aliphatic carbocycles. The Morgan fingerprint density at radius 2 is 1.86 bits per heavy atom. The van der Waals surface area contributed by atoms with Crippen LogP contribution in [0.2, 0.25) is 0 Å². The molecule has 0 N–H and O–H groups in total.